The largest absolute Gasteiger partial charge is 0.447 e. The fraction of sp³-hybridized carbons (Fsp3) is 0.857. The van der Waals surface area contributed by atoms with Gasteiger partial charge in [0.2, 0.25) is 0 Å². The lowest BCUT2D eigenvalue weighted by atomic mass is 10.3. The first-order valence-electron chi connectivity index (χ1n) is 3.83. The number of carbonyl (C=O) groups excluding carboxylic acids is 1. The molecule has 1 rings (SSSR count). The van der Waals surface area contributed by atoms with Gasteiger partial charge in [0, 0.05) is 6.54 Å². The molecule has 4 nitrogen and oxygen atoms in total. The van der Waals surface area contributed by atoms with Crippen molar-refractivity contribution in [2.75, 3.05) is 19.8 Å². The molecule has 1 aliphatic rings. The topological polar surface area (TPSA) is 49.8 Å². The molecule has 1 N–H and O–H groups in total. The summed E-state index contributed by atoms with van der Waals surface area (Å²) in [5, 5.41) is 8.81. The molecular weight excluding hydrogens is 146 g/mol. The minimum Gasteiger partial charge on any atom is -0.447 e. The molecule has 0 aromatic carbocycles. The highest BCUT2D eigenvalue weighted by atomic mass is 16.6. The molecule has 0 bridgehead atoms. The summed E-state index contributed by atoms with van der Waals surface area (Å²) in [6, 6.07) is -0.123. The molecule has 0 aliphatic carbocycles. The van der Waals surface area contributed by atoms with Crippen LogP contribution in [0.2, 0.25) is 0 Å². The smallest absolute Gasteiger partial charge is 0.410 e. The van der Waals surface area contributed by atoms with Crippen LogP contribution in [-0.2, 0) is 4.74 Å². The minimum atomic E-state index is -0.300. The summed E-state index contributed by atoms with van der Waals surface area (Å²) in [5.41, 5.74) is 0. The number of nitrogens with zero attached hydrogens (tertiary/aromatic N) is 1. The van der Waals surface area contributed by atoms with E-state index in [2.05, 4.69) is 0 Å². The molecule has 1 aliphatic heterocycles. The number of ether oxygens (including phenoxy) is 1. The van der Waals surface area contributed by atoms with E-state index >= 15 is 0 Å². The van der Waals surface area contributed by atoms with E-state index in [0.717, 1.165) is 6.42 Å². The average molecular weight is 159 g/mol. The van der Waals surface area contributed by atoms with E-state index in [9.17, 15) is 4.79 Å². The molecule has 1 heterocycles. The summed E-state index contributed by atoms with van der Waals surface area (Å²) in [6.45, 7) is 2.98. The Kier molecular flexibility index (Phi) is 2.70. The van der Waals surface area contributed by atoms with E-state index < -0.39 is 0 Å². The van der Waals surface area contributed by atoms with Crippen LogP contribution in [0.15, 0.2) is 0 Å². The monoisotopic (exact) mass is 159 g/mol. The van der Waals surface area contributed by atoms with Gasteiger partial charge in [-0.3, -0.25) is 4.90 Å². The Hall–Kier alpha value is -0.770. The highest BCUT2D eigenvalue weighted by Crippen LogP contribution is 2.11. The maximum atomic E-state index is 10.9. The molecule has 0 saturated carbocycles. The fourth-order valence-electron chi connectivity index (χ4n) is 1.16. The van der Waals surface area contributed by atoms with Crippen LogP contribution in [0.3, 0.4) is 0 Å². The Labute approximate surface area is 65.8 Å². The van der Waals surface area contributed by atoms with E-state index in [-0.39, 0.29) is 18.7 Å². The van der Waals surface area contributed by atoms with Crippen LogP contribution in [0, 0.1) is 0 Å². The summed E-state index contributed by atoms with van der Waals surface area (Å²) >= 11 is 0. The number of rotatable bonds is 3. The molecule has 1 saturated heterocycles. The van der Waals surface area contributed by atoms with Gasteiger partial charge in [-0.25, -0.2) is 4.79 Å². The lowest BCUT2D eigenvalue weighted by Crippen LogP contribution is -2.36. The minimum absolute atomic E-state index is 0.00819. The van der Waals surface area contributed by atoms with E-state index in [1.807, 2.05) is 6.92 Å². The zero-order chi connectivity index (χ0) is 8.27. The highest BCUT2D eigenvalue weighted by molar-refractivity contribution is 5.70. The van der Waals surface area contributed by atoms with Gasteiger partial charge < -0.3 is 9.84 Å². The van der Waals surface area contributed by atoms with E-state index in [0.29, 0.717) is 13.2 Å². The summed E-state index contributed by atoms with van der Waals surface area (Å²) in [7, 11) is 0. The third kappa shape index (κ3) is 1.63. The van der Waals surface area contributed by atoms with Crippen LogP contribution in [-0.4, -0.2) is 41.9 Å². The number of cyclic esters (lactones) is 1. The third-order valence-electron chi connectivity index (χ3n) is 1.75. The van der Waals surface area contributed by atoms with Gasteiger partial charge in [0.05, 0.1) is 12.6 Å². The average Bonchev–Trinajstić information content (AvgIpc) is 2.34. The van der Waals surface area contributed by atoms with Gasteiger partial charge in [0.15, 0.2) is 0 Å². The van der Waals surface area contributed by atoms with Crippen molar-refractivity contribution in [3.8, 4) is 0 Å². The van der Waals surface area contributed by atoms with Gasteiger partial charge in [-0.05, 0) is 6.42 Å². The number of hydrogen-bond donors (Lipinski definition) is 1. The maximum absolute atomic E-state index is 10.9. The molecule has 1 atom stereocenters. The molecule has 11 heavy (non-hydrogen) atoms. The van der Waals surface area contributed by atoms with Crippen LogP contribution >= 0.6 is 0 Å². The predicted molar refractivity (Wildman–Crippen MR) is 39.2 cm³/mol. The van der Waals surface area contributed by atoms with Crippen molar-refractivity contribution in [2.24, 2.45) is 0 Å². The number of carbonyl (C=O) groups is 1. The molecule has 4 heteroatoms. The van der Waals surface area contributed by atoms with Crippen molar-refractivity contribution in [1.29, 1.82) is 0 Å². The normalized spacial score (nSPS) is 24.0. The van der Waals surface area contributed by atoms with Crippen molar-refractivity contribution < 1.29 is 14.6 Å². The quantitative estimate of drug-likeness (QED) is 0.640. The highest BCUT2D eigenvalue weighted by Gasteiger charge is 2.31. The summed E-state index contributed by atoms with van der Waals surface area (Å²) in [5.74, 6) is 0. The van der Waals surface area contributed by atoms with Crippen molar-refractivity contribution in [1.82, 2.24) is 4.90 Å². The SMILES string of the molecule is CCCN1C(=O)OC[C@H]1CO. The third-order valence-corrected chi connectivity index (χ3v) is 1.75. The van der Waals surface area contributed by atoms with Gasteiger partial charge in [0.1, 0.15) is 6.61 Å². The second-order valence-corrected chi connectivity index (χ2v) is 2.61. The van der Waals surface area contributed by atoms with Crippen molar-refractivity contribution in [3.05, 3.63) is 0 Å². The summed E-state index contributed by atoms with van der Waals surface area (Å²) in [4.78, 5) is 12.5. The lowest BCUT2D eigenvalue weighted by molar-refractivity contribution is 0.153. The number of aliphatic hydroxyl groups is 1. The molecule has 0 aromatic heterocycles. The van der Waals surface area contributed by atoms with Crippen LogP contribution in [0.4, 0.5) is 4.79 Å². The van der Waals surface area contributed by atoms with Crippen molar-refractivity contribution in [2.45, 2.75) is 19.4 Å². The number of hydrogen-bond acceptors (Lipinski definition) is 3. The predicted octanol–water partition coefficient (Wildman–Crippen LogP) is 0.209. The second kappa shape index (κ2) is 3.57. The maximum Gasteiger partial charge on any atom is 0.410 e. The number of aliphatic hydroxyl groups excluding tert-OH is 1. The Balaban J connectivity index is 2.49. The van der Waals surface area contributed by atoms with Gasteiger partial charge in [0.25, 0.3) is 0 Å². The molecule has 0 spiro atoms. The first-order valence-corrected chi connectivity index (χ1v) is 3.83. The van der Waals surface area contributed by atoms with E-state index in [1.54, 1.807) is 4.90 Å². The number of amides is 1. The van der Waals surface area contributed by atoms with Crippen molar-refractivity contribution in [3.63, 3.8) is 0 Å². The molecule has 64 valence electrons. The van der Waals surface area contributed by atoms with Gasteiger partial charge in [-0.2, -0.15) is 0 Å². The van der Waals surface area contributed by atoms with Gasteiger partial charge in [-0.1, -0.05) is 6.92 Å². The summed E-state index contributed by atoms with van der Waals surface area (Å²) in [6.07, 6.45) is 0.594. The second-order valence-electron chi connectivity index (χ2n) is 2.61. The lowest BCUT2D eigenvalue weighted by Gasteiger charge is -2.17. The Morgan fingerprint density at radius 1 is 1.82 bits per heavy atom. The van der Waals surface area contributed by atoms with Crippen molar-refractivity contribution >= 4 is 6.09 Å². The Morgan fingerprint density at radius 2 is 2.55 bits per heavy atom. The Morgan fingerprint density at radius 3 is 3.09 bits per heavy atom. The zero-order valence-corrected chi connectivity index (χ0v) is 6.62. The molecule has 1 fully saturated rings. The van der Waals surface area contributed by atoms with E-state index in [4.69, 9.17) is 9.84 Å². The summed E-state index contributed by atoms with van der Waals surface area (Å²) < 4.78 is 4.75. The van der Waals surface area contributed by atoms with E-state index in [1.165, 1.54) is 0 Å². The van der Waals surface area contributed by atoms with Gasteiger partial charge >= 0.3 is 6.09 Å². The zero-order valence-electron chi connectivity index (χ0n) is 6.62. The first kappa shape index (κ1) is 8.33. The fourth-order valence-corrected chi connectivity index (χ4v) is 1.16. The van der Waals surface area contributed by atoms with Crippen LogP contribution in [0.1, 0.15) is 13.3 Å². The van der Waals surface area contributed by atoms with Gasteiger partial charge in [-0.15, -0.1) is 0 Å². The standard InChI is InChI=1S/C7H13NO3/c1-2-3-8-6(4-9)5-11-7(8)10/h6,9H,2-5H2,1H3/t6-/m1/s1. The van der Waals surface area contributed by atoms with Crippen LogP contribution in [0.25, 0.3) is 0 Å². The molecular formula is C7H13NO3. The molecule has 0 radical (unpaired) electrons. The van der Waals surface area contributed by atoms with Crippen LogP contribution < -0.4 is 0 Å². The molecule has 0 aromatic rings. The first-order chi connectivity index (χ1) is 5.29. The molecule has 0 unspecified atom stereocenters. The molecule has 1 amide bonds. The Bertz CT molecular complexity index is 149. The van der Waals surface area contributed by atoms with Crippen LogP contribution in [0.5, 0.6) is 0 Å².